The Kier molecular flexibility index (Phi) is 4.55. The summed E-state index contributed by atoms with van der Waals surface area (Å²) in [6, 6.07) is 8.15. The normalized spacial score (nSPS) is 19.2. The number of hydrogen-bond acceptors (Lipinski definition) is 1. The van der Waals surface area contributed by atoms with Gasteiger partial charge in [-0.05, 0) is 29.9 Å². The second-order valence-electron chi connectivity index (χ2n) is 5.11. The maximum atomic E-state index is 13.3. The smallest absolute Gasteiger partial charge is 0.0965 e. The van der Waals surface area contributed by atoms with Gasteiger partial charge in [0.25, 0.3) is 0 Å². The molecule has 17 heavy (non-hydrogen) atoms. The van der Waals surface area contributed by atoms with Crippen LogP contribution in [0, 0.1) is 5.92 Å². The minimum atomic E-state index is -0.237. The Hall–Kier alpha value is -0.890. The maximum Gasteiger partial charge on any atom is 0.0965 e. The van der Waals surface area contributed by atoms with Crippen LogP contribution in [0.2, 0.25) is 0 Å². The molecule has 0 radical (unpaired) electrons. The highest BCUT2D eigenvalue weighted by molar-refractivity contribution is 5.27. The van der Waals surface area contributed by atoms with Crippen LogP contribution in [0.5, 0.6) is 0 Å². The van der Waals surface area contributed by atoms with Crippen LogP contribution in [0.4, 0.5) is 4.39 Å². The molecular formula is C15H22FN. The van der Waals surface area contributed by atoms with E-state index in [0.29, 0.717) is 12.5 Å². The van der Waals surface area contributed by atoms with E-state index in [2.05, 4.69) is 12.1 Å². The summed E-state index contributed by atoms with van der Waals surface area (Å²) < 4.78 is 13.3. The van der Waals surface area contributed by atoms with Crippen molar-refractivity contribution >= 4 is 0 Å². The summed E-state index contributed by atoms with van der Waals surface area (Å²) in [6.45, 7) is 0.302. The summed E-state index contributed by atoms with van der Waals surface area (Å²) in [5, 5.41) is 0. The molecule has 2 N–H and O–H groups in total. The van der Waals surface area contributed by atoms with Crippen LogP contribution in [-0.2, 0) is 6.54 Å². The van der Waals surface area contributed by atoms with Crippen molar-refractivity contribution in [1.82, 2.24) is 0 Å². The summed E-state index contributed by atoms with van der Waals surface area (Å²) in [4.78, 5) is 0. The van der Waals surface area contributed by atoms with E-state index in [1.54, 1.807) is 0 Å². The van der Waals surface area contributed by atoms with Gasteiger partial charge in [-0.1, -0.05) is 43.5 Å². The first-order valence-electron chi connectivity index (χ1n) is 6.70. The molecule has 0 saturated heterocycles. The van der Waals surface area contributed by atoms with E-state index in [0.717, 1.165) is 11.1 Å². The van der Waals surface area contributed by atoms with Crippen molar-refractivity contribution in [1.29, 1.82) is 0 Å². The molecule has 1 aliphatic carbocycles. The summed E-state index contributed by atoms with van der Waals surface area (Å²) in [5.74, 6) is 0.614. The van der Waals surface area contributed by atoms with Crippen molar-refractivity contribution in [2.45, 2.75) is 44.6 Å². The van der Waals surface area contributed by atoms with Crippen LogP contribution in [0.25, 0.3) is 0 Å². The predicted octanol–water partition coefficient (Wildman–Crippen LogP) is 3.78. The van der Waals surface area contributed by atoms with Crippen LogP contribution in [0.3, 0.4) is 0 Å². The van der Waals surface area contributed by atoms with E-state index in [1.807, 2.05) is 12.1 Å². The fraction of sp³-hybridized carbons (Fsp3) is 0.600. The van der Waals surface area contributed by atoms with Crippen molar-refractivity contribution in [3.63, 3.8) is 0 Å². The Morgan fingerprint density at radius 3 is 2.65 bits per heavy atom. The quantitative estimate of drug-likeness (QED) is 0.844. The molecule has 0 aliphatic heterocycles. The highest BCUT2D eigenvalue weighted by atomic mass is 19.1. The lowest BCUT2D eigenvalue weighted by atomic mass is 9.77. The van der Waals surface area contributed by atoms with Gasteiger partial charge in [-0.25, -0.2) is 0 Å². The minimum Gasteiger partial charge on any atom is -0.326 e. The first-order valence-corrected chi connectivity index (χ1v) is 6.70. The van der Waals surface area contributed by atoms with Crippen molar-refractivity contribution in [3.05, 3.63) is 35.4 Å². The second kappa shape index (κ2) is 6.15. The molecule has 1 aromatic rings. The van der Waals surface area contributed by atoms with Gasteiger partial charge < -0.3 is 5.73 Å². The van der Waals surface area contributed by atoms with Gasteiger partial charge in [-0.15, -0.1) is 0 Å². The number of nitrogens with two attached hydrogens (primary N) is 1. The van der Waals surface area contributed by atoms with Gasteiger partial charge in [0.2, 0.25) is 0 Å². The van der Waals surface area contributed by atoms with Crippen molar-refractivity contribution in [3.8, 4) is 0 Å². The number of alkyl halides is 1. The zero-order valence-corrected chi connectivity index (χ0v) is 10.4. The first kappa shape index (κ1) is 12.6. The lowest BCUT2D eigenvalue weighted by Gasteiger charge is -2.29. The second-order valence-corrected chi connectivity index (χ2v) is 5.11. The summed E-state index contributed by atoms with van der Waals surface area (Å²) >= 11 is 0. The van der Waals surface area contributed by atoms with E-state index < -0.39 is 0 Å². The Morgan fingerprint density at radius 1 is 1.24 bits per heavy atom. The molecule has 0 amide bonds. The third kappa shape index (κ3) is 3.06. The SMILES string of the molecule is NCc1cccc(C(CF)C2CCCCC2)c1. The molecule has 2 rings (SSSR count). The third-order valence-corrected chi connectivity index (χ3v) is 4.00. The molecule has 1 atom stereocenters. The Labute approximate surface area is 103 Å². The maximum absolute atomic E-state index is 13.3. The molecule has 2 heteroatoms. The number of hydrogen-bond donors (Lipinski definition) is 1. The van der Waals surface area contributed by atoms with Gasteiger partial charge in [-0.3, -0.25) is 4.39 Å². The summed E-state index contributed by atoms with van der Waals surface area (Å²) in [6.07, 6.45) is 6.21. The molecule has 94 valence electrons. The van der Waals surface area contributed by atoms with Crippen LogP contribution in [0.1, 0.15) is 49.1 Å². The lowest BCUT2D eigenvalue weighted by Crippen LogP contribution is -2.18. The molecule has 1 aromatic carbocycles. The molecule has 0 bridgehead atoms. The average molecular weight is 235 g/mol. The molecule has 1 fully saturated rings. The van der Waals surface area contributed by atoms with Crippen LogP contribution < -0.4 is 5.73 Å². The summed E-state index contributed by atoms with van der Waals surface area (Å²) in [5.41, 5.74) is 7.89. The van der Waals surface area contributed by atoms with Gasteiger partial charge in [0.15, 0.2) is 0 Å². The molecule has 1 saturated carbocycles. The lowest BCUT2D eigenvalue weighted by molar-refractivity contribution is 0.263. The topological polar surface area (TPSA) is 26.0 Å². The highest BCUT2D eigenvalue weighted by Gasteiger charge is 2.25. The fourth-order valence-electron chi connectivity index (χ4n) is 2.97. The van der Waals surface area contributed by atoms with Gasteiger partial charge in [0, 0.05) is 12.5 Å². The van der Waals surface area contributed by atoms with E-state index in [-0.39, 0.29) is 12.6 Å². The predicted molar refractivity (Wildman–Crippen MR) is 69.6 cm³/mol. The minimum absolute atomic E-state index is 0.0850. The Bertz CT molecular complexity index is 345. The zero-order valence-electron chi connectivity index (χ0n) is 10.4. The Balaban J connectivity index is 2.15. The van der Waals surface area contributed by atoms with Crippen LogP contribution in [0.15, 0.2) is 24.3 Å². The average Bonchev–Trinajstić information content (AvgIpc) is 2.41. The number of rotatable bonds is 4. The first-order chi connectivity index (χ1) is 8.35. The largest absolute Gasteiger partial charge is 0.326 e. The molecular weight excluding hydrogens is 213 g/mol. The molecule has 1 aliphatic rings. The Morgan fingerprint density at radius 2 is 2.00 bits per heavy atom. The molecule has 0 aromatic heterocycles. The monoisotopic (exact) mass is 235 g/mol. The van der Waals surface area contributed by atoms with Gasteiger partial charge in [0.05, 0.1) is 6.67 Å². The molecule has 1 nitrogen and oxygen atoms in total. The number of halogens is 1. The van der Waals surface area contributed by atoms with E-state index in [4.69, 9.17) is 5.73 Å². The fourth-order valence-corrected chi connectivity index (χ4v) is 2.97. The van der Waals surface area contributed by atoms with E-state index >= 15 is 0 Å². The molecule has 1 unspecified atom stereocenters. The van der Waals surface area contributed by atoms with Crippen molar-refractivity contribution in [2.75, 3.05) is 6.67 Å². The van der Waals surface area contributed by atoms with Gasteiger partial charge in [-0.2, -0.15) is 0 Å². The zero-order chi connectivity index (χ0) is 12.1. The van der Waals surface area contributed by atoms with Crippen molar-refractivity contribution in [2.24, 2.45) is 11.7 Å². The highest BCUT2D eigenvalue weighted by Crippen LogP contribution is 2.36. The molecule has 0 heterocycles. The van der Waals surface area contributed by atoms with Gasteiger partial charge in [0.1, 0.15) is 0 Å². The number of benzene rings is 1. The van der Waals surface area contributed by atoms with Crippen molar-refractivity contribution < 1.29 is 4.39 Å². The standard InChI is InChI=1S/C15H22FN/c16-10-15(13-6-2-1-3-7-13)14-8-4-5-12(9-14)11-17/h4-5,8-9,13,15H,1-3,6-7,10-11,17H2. The van der Waals surface area contributed by atoms with Gasteiger partial charge >= 0.3 is 0 Å². The van der Waals surface area contributed by atoms with E-state index in [1.165, 1.54) is 32.1 Å². The van der Waals surface area contributed by atoms with Crippen LogP contribution in [-0.4, -0.2) is 6.67 Å². The molecule has 0 spiro atoms. The summed E-state index contributed by atoms with van der Waals surface area (Å²) in [7, 11) is 0. The van der Waals surface area contributed by atoms with E-state index in [9.17, 15) is 4.39 Å². The third-order valence-electron chi connectivity index (χ3n) is 4.00. The van der Waals surface area contributed by atoms with Crippen LogP contribution >= 0.6 is 0 Å².